The van der Waals surface area contributed by atoms with Crippen molar-refractivity contribution in [2.24, 2.45) is 0 Å². The van der Waals surface area contributed by atoms with E-state index in [1.807, 2.05) is 6.08 Å². The van der Waals surface area contributed by atoms with E-state index >= 15 is 0 Å². The molecule has 0 aromatic heterocycles. The SMILES string of the molecule is C=C[C@H](OCCBr)C(C)=CCC. The predicted molar refractivity (Wildman–Crippen MR) is 57.8 cm³/mol. The molecule has 0 saturated heterocycles. The Labute approximate surface area is 83.6 Å². The lowest BCUT2D eigenvalue weighted by Gasteiger charge is -2.13. The van der Waals surface area contributed by atoms with Crippen molar-refractivity contribution >= 4 is 15.9 Å². The predicted octanol–water partition coefficient (Wildman–Crippen LogP) is 3.31. The second-order valence-electron chi connectivity index (χ2n) is 2.57. The minimum Gasteiger partial charge on any atom is -0.369 e. The Morgan fingerprint density at radius 2 is 2.33 bits per heavy atom. The van der Waals surface area contributed by atoms with E-state index in [4.69, 9.17) is 4.74 Å². The van der Waals surface area contributed by atoms with E-state index in [1.165, 1.54) is 5.57 Å². The maximum atomic E-state index is 5.52. The third kappa shape index (κ3) is 4.73. The Morgan fingerprint density at radius 3 is 2.75 bits per heavy atom. The van der Waals surface area contributed by atoms with Crippen molar-refractivity contribution in [3.63, 3.8) is 0 Å². The molecule has 0 spiro atoms. The highest BCUT2D eigenvalue weighted by Crippen LogP contribution is 2.08. The molecule has 0 aromatic rings. The average molecular weight is 233 g/mol. The van der Waals surface area contributed by atoms with Gasteiger partial charge in [-0.15, -0.1) is 6.58 Å². The molecule has 1 atom stereocenters. The fourth-order valence-electron chi connectivity index (χ4n) is 0.995. The van der Waals surface area contributed by atoms with Crippen molar-refractivity contribution in [2.75, 3.05) is 11.9 Å². The van der Waals surface area contributed by atoms with Gasteiger partial charge in [-0.05, 0) is 18.9 Å². The van der Waals surface area contributed by atoms with Gasteiger partial charge in [0.1, 0.15) is 0 Å². The summed E-state index contributed by atoms with van der Waals surface area (Å²) in [6, 6.07) is 0. The Bertz CT molecular complexity index is 152. The van der Waals surface area contributed by atoms with Crippen LogP contribution in [0, 0.1) is 0 Å². The molecule has 2 heteroatoms. The first-order valence-corrected chi connectivity index (χ1v) is 5.35. The molecule has 70 valence electrons. The Morgan fingerprint density at radius 1 is 1.67 bits per heavy atom. The lowest BCUT2D eigenvalue weighted by molar-refractivity contribution is 0.123. The zero-order chi connectivity index (χ0) is 9.40. The van der Waals surface area contributed by atoms with Gasteiger partial charge in [-0.25, -0.2) is 0 Å². The second kappa shape index (κ2) is 7.56. The van der Waals surface area contributed by atoms with E-state index in [2.05, 4.69) is 42.4 Å². The van der Waals surface area contributed by atoms with Gasteiger partial charge in [0.05, 0.1) is 12.7 Å². The first kappa shape index (κ1) is 11.9. The third-order valence-corrected chi connectivity index (χ3v) is 1.89. The van der Waals surface area contributed by atoms with Gasteiger partial charge in [0, 0.05) is 5.33 Å². The summed E-state index contributed by atoms with van der Waals surface area (Å²) in [4.78, 5) is 0. The molecule has 0 aliphatic carbocycles. The molecule has 0 aromatic carbocycles. The quantitative estimate of drug-likeness (QED) is 0.505. The monoisotopic (exact) mass is 232 g/mol. The smallest absolute Gasteiger partial charge is 0.0961 e. The van der Waals surface area contributed by atoms with Crippen LogP contribution in [0.25, 0.3) is 0 Å². The summed E-state index contributed by atoms with van der Waals surface area (Å²) in [5.74, 6) is 0. The Balaban J connectivity index is 3.95. The van der Waals surface area contributed by atoms with Crippen LogP contribution in [-0.2, 0) is 4.74 Å². The first-order chi connectivity index (χ1) is 5.76. The molecule has 0 unspecified atom stereocenters. The lowest BCUT2D eigenvalue weighted by atomic mass is 10.1. The molecular formula is C10H17BrO. The molecule has 0 radical (unpaired) electrons. The normalized spacial score (nSPS) is 14.4. The maximum Gasteiger partial charge on any atom is 0.0961 e. The highest BCUT2D eigenvalue weighted by atomic mass is 79.9. The summed E-state index contributed by atoms with van der Waals surface area (Å²) >= 11 is 3.32. The van der Waals surface area contributed by atoms with Gasteiger partial charge < -0.3 is 4.74 Å². The van der Waals surface area contributed by atoms with Gasteiger partial charge in [-0.1, -0.05) is 35.0 Å². The van der Waals surface area contributed by atoms with E-state index in [-0.39, 0.29) is 6.10 Å². The molecule has 0 aliphatic heterocycles. The van der Waals surface area contributed by atoms with Gasteiger partial charge in [0.2, 0.25) is 0 Å². The van der Waals surface area contributed by atoms with Crippen LogP contribution in [0.2, 0.25) is 0 Å². The number of rotatable bonds is 6. The molecule has 12 heavy (non-hydrogen) atoms. The zero-order valence-electron chi connectivity index (χ0n) is 7.85. The number of hydrogen-bond acceptors (Lipinski definition) is 1. The van der Waals surface area contributed by atoms with Gasteiger partial charge in [0.15, 0.2) is 0 Å². The van der Waals surface area contributed by atoms with E-state index in [0.717, 1.165) is 18.4 Å². The van der Waals surface area contributed by atoms with Crippen LogP contribution in [0.4, 0.5) is 0 Å². The second-order valence-corrected chi connectivity index (χ2v) is 3.37. The summed E-state index contributed by atoms with van der Waals surface area (Å²) in [5.41, 5.74) is 1.24. The number of alkyl halides is 1. The Kier molecular flexibility index (Phi) is 7.51. The molecule has 0 saturated carbocycles. The fourth-order valence-corrected chi connectivity index (χ4v) is 1.18. The van der Waals surface area contributed by atoms with Crippen molar-refractivity contribution in [2.45, 2.75) is 26.4 Å². The largest absolute Gasteiger partial charge is 0.369 e. The highest BCUT2D eigenvalue weighted by Gasteiger charge is 2.04. The molecule has 0 amide bonds. The number of hydrogen-bond donors (Lipinski definition) is 0. The minimum absolute atomic E-state index is 0.0856. The fraction of sp³-hybridized carbons (Fsp3) is 0.600. The summed E-state index contributed by atoms with van der Waals surface area (Å²) in [7, 11) is 0. The van der Waals surface area contributed by atoms with E-state index in [1.54, 1.807) is 0 Å². The van der Waals surface area contributed by atoms with Gasteiger partial charge >= 0.3 is 0 Å². The Hall–Kier alpha value is -0.0800. The molecule has 0 fully saturated rings. The van der Waals surface area contributed by atoms with Crippen LogP contribution in [0.15, 0.2) is 24.3 Å². The summed E-state index contributed by atoms with van der Waals surface area (Å²) in [5, 5.41) is 0.872. The molecule has 0 heterocycles. The number of halogens is 1. The topological polar surface area (TPSA) is 9.23 Å². The van der Waals surface area contributed by atoms with Gasteiger partial charge in [-0.2, -0.15) is 0 Å². The third-order valence-electron chi connectivity index (χ3n) is 1.56. The van der Waals surface area contributed by atoms with Crippen molar-refractivity contribution in [3.05, 3.63) is 24.3 Å². The summed E-state index contributed by atoms with van der Waals surface area (Å²) < 4.78 is 5.52. The molecular weight excluding hydrogens is 216 g/mol. The summed E-state index contributed by atoms with van der Waals surface area (Å²) in [6.45, 7) is 8.66. The van der Waals surface area contributed by atoms with Crippen LogP contribution in [-0.4, -0.2) is 18.0 Å². The van der Waals surface area contributed by atoms with Crippen LogP contribution < -0.4 is 0 Å². The van der Waals surface area contributed by atoms with Crippen molar-refractivity contribution in [3.8, 4) is 0 Å². The van der Waals surface area contributed by atoms with E-state index < -0.39 is 0 Å². The van der Waals surface area contributed by atoms with E-state index in [0.29, 0.717) is 0 Å². The standard InChI is InChI=1S/C10H17BrO/c1-4-6-9(3)10(5-2)12-8-7-11/h5-6,10H,2,4,7-8H2,1,3H3/t10-/m0/s1. The average Bonchev–Trinajstić information content (AvgIpc) is 2.06. The summed E-state index contributed by atoms with van der Waals surface area (Å²) in [6.07, 6.45) is 5.14. The van der Waals surface area contributed by atoms with E-state index in [9.17, 15) is 0 Å². The number of allylic oxidation sites excluding steroid dienone is 1. The molecule has 1 nitrogen and oxygen atoms in total. The zero-order valence-corrected chi connectivity index (χ0v) is 9.43. The van der Waals surface area contributed by atoms with Crippen molar-refractivity contribution in [1.29, 1.82) is 0 Å². The lowest BCUT2D eigenvalue weighted by Crippen LogP contribution is -2.12. The maximum absolute atomic E-state index is 5.52. The van der Waals surface area contributed by atoms with Gasteiger partial charge in [0.25, 0.3) is 0 Å². The number of ether oxygens (including phenoxy) is 1. The van der Waals surface area contributed by atoms with Crippen molar-refractivity contribution in [1.82, 2.24) is 0 Å². The minimum atomic E-state index is 0.0856. The molecule has 0 aliphatic rings. The van der Waals surface area contributed by atoms with Crippen LogP contribution >= 0.6 is 15.9 Å². The van der Waals surface area contributed by atoms with Gasteiger partial charge in [-0.3, -0.25) is 0 Å². The first-order valence-electron chi connectivity index (χ1n) is 4.23. The molecule has 0 N–H and O–H groups in total. The van der Waals surface area contributed by atoms with Crippen LogP contribution in [0.3, 0.4) is 0 Å². The van der Waals surface area contributed by atoms with Crippen molar-refractivity contribution < 1.29 is 4.74 Å². The van der Waals surface area contributed by atoms with Crippen LogP contribution in [0.5, 0.6) is 0 Å². The molecule has 0 bridgehead atoms. The highest BCUT2D eigenvalue weighted by molar-refractivity contribution is 9.09. The van der Waals surface area contributed by atoms with Crippen LogP contribution in [0.1, 0.15) is 20.3 Å². The molecule has 0 rings (SSSR count).